The largest absolute Gasteiger partial charge is 0.444 e. The summed E-state index contributed by atoms with van der Waals surface area (Å²) in [6.07, 6.45) is 3.17. The number of nitrogens with zero attached hydrogens (tertiary/aromatic N) is 2. The average molecular weight is 342 g/mol. The summed E-state index contributed by atoms with van der Waals surface area (Å²) < 4.78 is 5.95. The molecular formula is C14H20BrN3O2. The normalized spacial score (nSPS) is 25.3. The van der Waals surface area contributed by atoms with Crippen LogP contribution in [0.4, 0.5) is 0 Å². The summed E-state index contributed by atoms with van der Waals surface area (Å²) in [6.45, 7) is 3.72. The second-order valence-electron chi connectivity index (χ2n) is 5.67. The SMILES string of the molecule is NC1CCN(C2CCN(C(=O)c3ccc(Br)o3)C2)CC1. The molecule has 2 aliphatic rings. The maximum absolute atomic E-state index is 12.3. The van der Waals surface area contributed by atoms with Crippen LogP contribution in [0.5, 0.6) is 0 Å². The lowest BCUT2D eigenvalue weighted by molar-refractivity contribution is 0.0737. The second kappa shape index (κ2) is 5.87. The highest BCUT2D eigenvalue weighted by atomic mass is 79.9. The molecule has 1 aromatic heterocycles. The minimum Gasteiger partial charge on any atom is -0.444 e. The van der Waals surface area contributed by atoms with Crippen molar-refractivity contribution in [1.29, 1.82) is 0 Å². The fourth-order valence-corrected chi connectivity index (χ4v) is 3.40. The van der Waals surface area contributed by atoms with E-state index in [9.17, 15) is 4.79 Å². The van der Waals surface area contributed by atoms with Crippen molar-refractivity contribution < 1.29 is 9.21 Å². The molecule has 6 heteroatoms. The zero-order valence-electron chi connectivity index (χ0n) is 11.4. The minimum absolute atomic E-state index is 0.00749. The molecule has 2 N–H and O–H groups in total. The molecule has 0 spiro atoms. The Morgan fingerprint density at radius 1 is 1.25 bits per heavy atom. The third-order valence-electron chi connectivity index (χ3n) is 4.33. The summed E-state index contributed by atoms with van der Waals surface area (Å²) in [5, 5.41) is 0. The number of hydrogen-bond acceptors (Lipinski definition) is 4. The molecule has 0 radical (unpaired) electrons. The number of nitrogens with two attached hydrogens (primary N) is 1. The Morgan fingerprint density at radius 3 is 2.65 bits per heavy atom. The summed E-state index contributed by atoms with van der Waals surface area (Å²) in [7, 11) is 0. The van der Waals surface area contributed by atoms with E-state index in [4.69, 9.17) is 10.2 Å². The maximum Gasteiger partial charge on any atom is 0.289 e. The molecule has 0 saturated carbocycles. The van der Waals surface area contributed by atoms with Crippen LogP contribution in [0.2, 0.25) is 0 Å². The van der Waals surface area contributed by atoms with E-state index in [1.165, 1.54) is 0 Å². The lowest BCUT2D eigenvalue weighted by Crippen LogP contribution is -2.46. The van der Waals surface area contributed by atoms with E-state index in [0.717, 1.165) is 45.4 Å². The van der Waals surface area contributed by atoms with E-state index in [-0.39, 0.29) is 5.91 Å². The molecule has 1 atom stereocenters. The number of furan rings is 1. The fraction of sp³-hybridized carbons (Fsp3) is 0.643. The number of carbonyl (C=O) groups is 1. The van der Waals surface area contributed by atoms with Gasteiger partial charge in [0.1, 0.15) is 0 Å². The van der Waals surface area contributed by atoms with Crippen LogP contribution in [0.25, 0.3) is 0 Å². The predicted octanol–water partition coefficient (Wildman–Crippen LogP) is 1.68. The quantitative estimate of drug-likeness (QED) is 0.888. The van der Waals surface area contributed by atoms with Crippen molar-refractivity contribution in [3.63, 3.8) is 0 Å². The van der Waals surface area contributed by atoms with Crippen molar-refractivity contribution in [3.05, 3.63) is 22.6 Å². The molecule has 1 unspecified atom stereocenters. The molecule has 0 aliphatic carbocycles. The third-order valence-corrected chi connectivity index (χ3v) is 4.75. The van der Waals surface area contributed by atoms with Crippen LogP contribution in [-0.2, 0) is 0 Å². The van der Waals surface area contributed by atoms with Crippen LogP contribution in [0.15, 0.2) is 21.2 Å². The summed E-state index contributed by atoms with van der Waals surface area (Å²) >= 11 is 3.23. The topological polar surface area (TPSA) is 62.7 Å². The Morgan fingerprint density at radius 2 is 2.00 bits per heavy atom. The van der Waals surface area contributed by atoms with Gasteiger partial charge in [-0.25, -0.2) is 0 Å². The van der Waals surface area contributed by atoms with Crippen molar-refractivity contribution >= 4 is 21.8 Å². The minimum atomic E-state index is -0.00749. The number of rotatable bonds is 2. The van der Waals surface area contributed by atoms with Crippen molar-refractivity contribution in [3.8, 4) is 0 Å². The van der Waals surface area contributed by atoms with Crippen molar-refractivity contribution in [2.75, 3.05) is 26.2 Å². The first-order valence-electron chi connectivity index (χ1n) is 7.18. The van der Waals surface area contributed by atoms with E-state index >= 15 is 0 Å². The van der Waals surface area contributed by atoms with Crippen molar-refractivity contribution in [2.45, 2.75) is 31.3 Å². The first-order chi connectivity index (χ1) is 9.63. The van der Waals surface area contributed by atoms with Crippen molar-refractivity contribution in [1.82, 2.24) is 9.80 Å². The predicted molar refractivity (Wildman–Crippen MR) is 79.5 cm³/mol. The summed E-state index contributed by atoms with van der Waals surface area (Å²) in [4.78, 5) is 16.7. The molecule has 1 aromatic rings. The molecule has 0 aromatic carbocycles. The fourth-order valence-electron chi connectivity index (χ4n) is 3.09. The van der Waals surface area contributed by atoms with Crippen LogP contribution in [-0.4, -0.2) is 54.0 Å². The van der Waals surface area contributed by atoms with E-state index < -0.39 is 0 Å². The molecule has 2 aliphatic heterocycles. The Kier molecular flexibility index (Phi) is 4.14. The lowest BCUT2D eigenvalue weighted by Gasteiger charge is -2.34. The van der Waals surface area contributed by atoms with Crippen LogP contribution >= 0.6 is 15.9 Å². The number of hydrogen-bond donors (Lipinski definition) is 1. The Hall–Kier alpha value is -0.850. The Bertz CT molecular complexity index is 483. The second-order valence-corrected chi connectivity index (χ2v) is 6.45. The Labute approximate surface area is 127 Å². The van der Waals surface area contributed by atoms with Gasteiger partial charge in [-0.15, -0.1) is 0 Å². The highest BCUT2D eigenvalue weighted by molar-refractivity contribution is 9.10. The molecule has 1 amide bonds. The summed E-state index contributed by atoms with van der Waals surface area (Å²) in [5.74, 6) is 0.408. The summed E-state index contributed by atoms with van der Waals surface area (Å²) in [6, 6.07) is 4.31. The van der Waals surface area contributed by atoms with Gasteiger partial charge in [-0.05, 0) is 60.4 Å². The smallest absolute Gasteiger partial charge is 0.289 e. The third kappa shape index (κ3) is 2.92. The van der Waals surface area contributed by atoms with Gasteiger partial charge < -0.3 is 15.1 Å². The van der Waals surface area contributed by atoms with Gasteiger partial charge in [0, 0.05) is 25.2 Å². The van der Waals surface area contributed by atoms with E-state index in [0.29, 0.717) is 22.5 Å². The van der Waals surface area contributed by atoms with E-state index in [1.54, 1.807) is 12.1 Å². The van der Waals surface area contributed by atoms with Crippen LogP contribution in [0, 0.1) is 0 Å². The molecule has 2 saturated heterocycles. The monoisotopic (exact) mass is 341 g/mol. The van der Waals surface area contributed by atoms with Crippen LogP contribution in [0.3, 0.4) is 0 Å². The molecule has 3 heterocycles. The van der Waals surface area contributed by atoms with E-state index in [2.05, 4.69) is 20.8 Å². The van der Waals surface area contributed by atoms with Gasteiger partial charge in [-0.3, -0.25) is 9.69 Å². The van der Waals surface area contributed by atoms with Gasteiger partial charge in [0.15, 0.2) is 10.4 Å². The van der Waals surface area contributed by atoms with Crippen LogP contribution in [0.1, 0.15) is 29.8 Å². The number of likely N-dealkylation sites (tertiary alicyclic amines) is 2. The van der Waals surface area contributed by atoms with E-state index in [1.807, 2.05) is 4.90 Å². The highest BCUT2D eigenvalue weighted by Gasteiger charge is 2.33. The zero-order valence-corrected chi connectivity index (χ0v) is 13.0. The maximum atomic E-state index is 12.3. The molecule has 20 heavy (non-hydrogen) atoms. The van der Waals surface area contributed by atoms with Gasteiger partial charge >= 0.3 is 0 Å². The standard InChI is InChI=1S/C14H20BrN3O2/c15-13-2-1-12(20-13)14(19)18-8-5-11(9-18)17-6-3-10(16)4-7-17/h1-2,10-11H,3-9,16H2. The lowest BCUT2D eigenvalue weighted by atomic mass is 10.0. The van der Waals surface area contributed by atoms with Gasteiger partial charge in [0.2, 0.25) is 0 Å². The molecule has 5 nitrogen and oxygen atoms in total. The number of amides is 1. The molecule has 0 bridgehead atoms. The van der Waals surface area contributed by atoms with Gasteiger partial charge in [-0.1, -0.05) is 0 Å². The van der Waals surface area contributed by atoms with Crippen molar-refractivity contribution in [2.24, 2.45) is 5.73 Å². The highest BCUT2D eigenvalue weighted by Crippen LogP contribution is 2.23. The number of piperidine rings is 1. The van der Waals surface area contributed by atoms with Crippen LogP contribution < -0.4 is 5.73 Å². The number of carbonyl (C=O) groups excluding carboxylic acids is 1. The molecular weight excluding hydrogens is 322 g/mol. The molecule has 110 valence electrons. The zero-order chi connectivity index (χ0) is 14.1. The number of halogens is 1. The van der Waals surface area contributed by atoms with Gasteiger partial charge in [0.05, 0.1) is 0 Å². The Balaban J connectivity index is 1.58. The summed E-state index contributed by atoms with van der Waals surface area (Å²) in [5.41, 5.74) is 5.94. The van der Waals surface area contributed by atoms with Gasteiger partial charge in [-0.2, -0.15) is 0 Å². The first-order valence-corrected chi connectivity index (χ1v) is 7.97. The first kappa shape index (κ1) is 14.1. The molecule has 3 rings (SSSR count). The molecule has 2 fully saturated rings. The average Bonchev–Trinajstić information content (AvgIpc) is 3.08. The van der Waals surface area contributed by atoms with Gasteiger partial charge in [0.25, 0.3) is 5.91 Å².